The molecule has 0 bridgehead atoms. The number of nitrogens with zero attached hydrogens (tertiary/aromatic N) is 2. The van der Waals surface area contributed by atoms with Crippen LogP contribution in [0.4, 0.5) is 0 Å². The van der Waals surface area contributed by atoms with E-state index in [2.05, 4.69) is 5.32 Å². The van der Waals surface area contributed by atoms with Crippen molar-refractivity contribution in [2.75, 3.05) is 26.2 Å². The fourth-order valence-corrected chi connectivity index (χ4v) is 4.21. The van der Waals surface area contributed by atoms with Crippen molar-refractivity contribution >= 4 is 40.7 Å². The van der Waals surface area contributed by atoms with Gasteiger partial charge in [-0.25, -0.2) is 0 Å². The number of hydrogen-bond acceptors (Lipinski definition) is 4. The molecule has 2 fully saturated rings. The summed E-state index contributed by atoms with van der Waals surface area (Å²) in [6.45, 7) is 1.60. The molecule has 1 saturated heterocycles. The zero-order valence-corrected chi connectivity index (χ0v) is 16.8. The molecule has 2 aromatic rings. The van der Waals surface area contributed by atoms with Crippen LogP contribution in [0.3, 0.4) is 0 Å². The molecule has 1 aromatic heterocycles. The molecule has 1 aliphatic heterocycles. The molecule has 146 valence electrons. The van der Waals surface area contributed by atoms with Gasteiger partial charge < -0.3 is 15.1 Å². The van der Waals surface area contributed by atoms with Gasteiger partial charge in [0, 0.05) is 42.1 Å². The maximum Gasteiger partial charge on any atom is 0.312 e. The van der Waals surface area contributed by atoms with Crippen LogP contribution in [0.15, 0.2) is 36.4 Å². The van der Waals surface area contributed by atoms with Crippen molar-refractivity contribution < 1.29 is 14.4 Å². The second kappa shape index (κ2) is 7.93. The predicted molar refractivity (Wildman–Crippen MR) is 108 cm³/mol. The van der Waals surface area contributed by atoms with E-state index in [9.17, 15) is 14.4 Å². The van der Waals surface area contributed by atoms with E-state index >= 15 is 0 Å². The molecule has 0 unspecified atom stereocenters. The van der Waals surface area contributed by atoms with Gasteiger partial charge in [0.1, 0.15) is 0 Å². The van der Waals surface area contributed by atoms with Crippen molar-refractivity contribution in [3.8, 4) is 10.4 Å². The summed E-state index contributed by atoms with van der Waals surface area (Å²) in [6.07, 6.45) is 1.89. The minimum Gasteiger partial charge on any atom is -0.345 e. The standard InChI is InChI=1S/C20H20ClN3O3S/c21-14-3-1-13(2-4-14)16-7-8-17(28-16)19(26)23-9-11-24(12-10-23)20(27)18(25)22-15-5-6-15/h1-4,7-8,15H,5-6,9-12H2,(H,22,25). The highest BCUT2D eigenvalue weighted by Gasteiger charge is 2.31. The van der Waals surface area contributed by atoms with Gasteiger partial charge in [0.2, 0.25) is 0 Å². The largest absolute Gasteiger partial charge is 0.345 e. The summed E-state index contributed by atoms with van der Waals surface area (Å²) in [6, 6.07) is 11.4. The monoisotopic (exact) mass is 417 g/mol. The average molecular weight is 418 g/mol. The summed E-state index contributed by atoms with van der Waals surface area (Å²) in [5.41, 5.74) is 1.02. The number of carbonyl (C=O) groups excluding carboxylic acids is 3. The molecular formula is C20H20ClN3O3S. The molecule has 1 aliphatic carbocycles. The number of amides is 3. The van der Waals surface area contributed by atoms with Gasteiger partial charge in [-0.15, -0.1) is 11.3 Å². The summed E-state index contributed by atoms with van der Waals surface area (Å²) < 4.78 is 0. The molecule has 3 amide bonds. The molecule has 2 heterocycles. The fourth-order valence-electron chi connectivity index (χ4n) is 3.11. The topological polar surface area (TPSA) is 69.7 Å². The van der Waals surface area contributed by atoms with Crippen molar-refractivity contribution in [2.45, 2.75) is 18.9 Å². The van der Waals surface area contributed by atoms with Crippen LogP contribution in [0, 0.1) is 0 Å². The Morgan fingerprint density at radius 1 is 0.929 bits per heavy atom. The van der Waals surface area contributed by atoms with Crippen LogP contribution < -0.4 is 5.32 Å². The fraction of sp³-hybridized carbons (Fsp3) is 0.350. The van der Waals surface area contributed by atoms with Crippen LogP contribution in [0.2, 0.25) is 5.02 Å². The van der Waals surface area contributed by atoms with Gasteiger partial charge in [-0.3, -0.25) is 14.4 Å². The maximum atomic E-state index is 12.8. The number of piperazine rings is 1. The number of hydrogen-bond donors (Lipinski definition) is 1. The Morgan fingerprint density at radius 2 is 1.57 bits per heavy atom. The lowest BCUT2D eigenvalue weighted by Crippen LogP contribution is -2.54. The number of benzene rings is 1. The van der Waals surface area contributed by atoms with Crippen molar-refractivity contribution in [2.24, 2.45) is 0 Å². The van der Waals surface area contributed by atoms with Crippen LogP contribution >= 0.6 is 22.9 Å². The van der Waals surface area contributed by atoms with Crippen LogP contribution in [0.5, 0.6) is 0 Å². The summed E-state index contributed by atoms with van der Waals surface area (Å²) in [4.78, 5) is 41.8. The van der Waals surface area contributed by atoms with E-state index in [1.165, 1.54) is 16.2 Å². The van der Waals surface area contributed by atoms with Crippen molar-refractivity contribution in [3.63, 3.8) is 0 Å². The molecule has 2 aliphatic rings. The Kier molecular flexibility index (Phi) is 5.37. The SMILES string of the molecule is O=C(NC1CC1)C(=O)N1CCN(C(=O)c2ccc(-c3ccc(Cl)cc3)s2)CC1. The lowest BCUT2D eigenvalue weighted by atomic mass is 10.2. The zero-order valence-electron chi connectivity index (χ0n) is 15.2. The van der Waals surface area contributed by atoms with Gasteiger partial charge in [-0.2, -0.15) is 0 Å². The third-order valence-electron chi connectivity index (χ3n) is 4.91. The van der Waals surface area contributed by atoms with Crippen LogP contribution in [0.25, 0.3) is 10.4 Å². The van der Waals surface area contributed by atoms with Crippen molar-refractivity contribution in [1.82, 2.24) is 15.1 Å². The third kappa shape index (κ3) is 4.20. The molecule has 8 heteroatoms. The minimum absolute atomic E-state index is 0.0419. The van der Waals surface area contributed by atoms with E-state index in [1.54, 1.807) is 4.90 Å². The van der Waals surface area contributed by atoms with Gasteiger partial charge in [0.15, 0.2) is 0 Å². The van der Waals surface area contributed by atoms with Crippen LogP contribution in [0.1, 0.15) is 22.5 Å². The first-order valence-corrected chi connectivity index (χ1v) is 10.5. The first kappa shape index (κ1) is 19.0. The zero-order chi connectivity index (χ0) is 19.7. The van der Waals surface area contributed by atoms with E-state index in [0.29, 0.717) is 36.1 Å². The van der Waals surface area contributed by atoms with Crippen molar-refractivity contribution in [3.05, 3.63) is 46.3 Å². The number of nitrogens with one attached hydrogen (secondary N) is 1. The molecule has 0 spiro atoms. The number of halogens is 1. The van der Waals surface area contributed by atoms with Gasteiger partial charge in [0.05, 0.1) is 4.88 Å². The molecule has 4 rings (SSSR count). The summed E-state index contributed by atoms with van der Waals surface area (Å²) in [5.74, 6) is -1.08. The number of carbonyl (C=O) groups is 3. The number of thiophene rings is 1. The van der Waals surface area contributed by atoms with E-state index in [-0.39, 0.29) is 11.9 Å². The Balaban J connectivity index is 1.34. The third-order valence-corrected chi connectivity index (χ3v) is 6.28. The molecule has 1 saturated carbocycles. The maximum absolute atomic E-state index is 12.8. The molecule has 28 heavy (non-hydrogen) atoms. The van der Waals surface area contributed by atoms with E-state index < -0.39 is 11.8 Å². The van der Waals surface area contributed by atoms with E-state index in [4.69, 9.17) is 11.6 Å². The van der Waals surface area contributed by atoms with Gasteiger partial charge >= 0.3 is 11.8 Å². The molecule has 1 N–H and O–H groups in total. The average Bonchev–Trinajstić information content (AvgIpc) is 3.39. The number of rotatable bonds is 3. The highest BCUT2D eigenvalue weighted by Crippen LogP contribution is 2.30. The molecular weight excluding hydrogens is 398 g/mol. The van der Waals surface area contributed by atoms with Gasteiger partial charge in [0.25, 0.3) is 5.91 Å². The molecule has 0 radical (unpaired) electrons. The van der Waals surface area contributed by atoms with Gasteiger partial charge in [-0.05, 0) is 42.7 Å². The lowest BCUT2D eigenvalue weighted by molar-refractivity contribution is -0.146. The quantitative estimate of drug-likeness (QED) is 0.780. The first-order valence-electron chi connectivity index (χ1n) is 9.26. The Hall–Kier alpha value is -2.38. The summed E-state index contributed by atoms with van der Waals surface area (Å²) >= 11 is 7.37. The van der Waals surface area contributed by atoms with E-state index in [0.717, 1.165) is 23.3 Å². The normalized spacial score (nSPS) is 16.8. The predicted octanol–water partition coefficient (Wildman–Crippen LogP) is 2.63. The summed E-state index contributed by atoms with van der Waals surface area (Å²) in [7, 11) is 0. The first-order chi connectivity index (χ1) is 13.5. The molecule has 1 aromatic carbocycles. The second-order valence-electron chi connectivity index (χ2n) is 7.00. The minimum atomic E-state index is -0.534. The van der Waals surface area contributed by atoms with Crippen LogP contribution in [-0.2, 0) is 9.59 Å². The van der Waals surface area contributed by atoms with Crippen LogP contribution in [-0.4, -0.2) is 59.7 Å². The highest BCUT2D eigenvalue weighted by atomic mass is 35.5. The summed E-state index contributed by atoms with van der Waals surface area (Å²) in [5, 5.41) is 3.39. The smallest absolute Gasteiger partial charge is 0.312 e. The van der Waals surface area contributed by atoms with Gasteiger partial charge in [-0.1, -0.05) is 23.7 Å². The Labute approximate surface area is 172 Å². The lowest BCUT2D eigenvalue weighted by Gasteiger charge is -2.34. The molecule has 6 nitrogen and oxygen atoms in total. The highest BCUT2D eigenvalue weighted by molar-refractivity contribution is 7.17. The second-order valence-corrected chi connectivity index (χ2v) is 8.52. The Bertz CT molecular complexity index is 900. The Morgan fingerprint density at radius 3 is 2.21 bits per heavy atom. The molecule has 0 atom stereocenters. The van der Waals surface area contributed by atoms with Crippen molar-refractivity contribution in [1.29, 1.82) is 0 Å². The van der Waals surface area contributed by atoms with E-state index in [1.807, 2.05) is 36.4 Å².